The van der Waals surface area contributed by atoms with E-state index in [2.05, 4.69) is 9.97 Å². The van der Waals surface area contributed by atoms with Gasteiger partial charge < -0.3 is 0 Å². The van der Waals surface area contributed by atoms with Crippen molar-refractivity contribution in [3.05, 3.63) is 24.3 Å². The molecule has 0 aromatic heterocycles. The molecule has 1 N–H and O–H groups in total. The minimum atomic E-state index is -0.207. The molecule has 0 fully saturated rings. The predicted octanol–water partition coefficient (Wildman–Crippen LogP) is 0.988. The van der Waals surface area contributed by atoms with E-state index in [0.717, 1.165) is 0 Å². The van der Waals surface area contributed by atoms with E-state index in [-0.39, 0.29) is 5.91 Å². The summed E-state index contributed by atoms with van der Waals surface area (Å²) < 4.78 is 14.7. The van der Waals surface area contributed by atoms with Crippen LogP contribution in [-0.2, 0) is 9.50 Å². The summed E-state index contributed by atoms with van der Waals surface area (Å²) in [5, 5.41) is 2.54. The maximum absolute atomic E-state index is 10.7. The Morgan fingerprint density at radius 1 is 1.46 bits per heavy atom. The molecule has 0 radical (unpaired) electrons. The Hall–Kier alpha value is -1.65. The normalized spacial score (nSPS) is 8.69. The molecule has 0 aliphatic heterocycles. The fraction of sp³-hybridized carbons (Fsp3) is 0.125. The van der Waals surface area contributed by atoms with Gasteiger partial charge in [0.25, 0.3) is 0 Å². The van der Waals surface area contributed by atoms with Gasteiger partial charge in [0.15, 0.2) is 0 Å². The first-order valence-corrected chi connectivity index (χ1v) is 3.71. The first-order valence-electron chi connectivity index (χ1n) is 3.71. The maximum atomic E-state index is 10.7. The second-order valence-electron chi connectivity index (χ2n) is 2.39. The van der Waals surface area contributed by atoms with Gasteiger partial charge in [-0.1, -0.05) is 0 Å². The van der Waals surface area contributed by atoms with Crippen molar-refractivity contribution in [2.24, 2.45) is 0 Å². The van der Waals surface area contributed by atoms with E-state index in [9.17, 15) is 9.50 Å². The van der Waals surface area contributed by atoms with Crippen molar-refractivity contribution < 1.29 is 14.2 Å². The molecule has 0 saturated carbocycles. The van der Waals surface area contributed by atoms with Crippen LogP contribution in [0.5, 0.6) is 5.75 Å². The van der Waals surface area contributed by atoms with E-state index in [0.29, 0.717) is 18.8 Å². The summed E-state index contributed by atoms with van der Waals surface area (Å²) in [7, 11) is 0.320. The Morgan fingerprint density at radius 2 is 2.15 bits per heavy atom. The van der Waals surface area contributed by atoms with Gasteiger partial charge in [0.1, 0.15) is 0 Å². The Kier molecular flexibility index (Phi) is 3.19. The third kappa shape index (κ3) is 2.70. The number of hydrogen-bond acceptors (Lipinski definition) is 3. The molecule has 1 aromatic rings. The van der Waals surface area contributed by atoms with Crippen molar-refractivity contribution in [1.82, 2.24) is 0 Å². The molecule has 1 rings (SSSR count). The number of carbonyl (C=O) groups excluding carboxylic acids is 1. The van der Waals surface area contributed by atoms with Crippen molar-refractivity contribution in [3.63, 3.8) is 0 Å². The minimum absolute atomic E-state index is 0.207. The van der Waals surface area contributed by atoms with Crippen molar-refractivity contribution in [2.45, 2.75) is 6.92 Å². The molecule has 0 unspecified atom stereocenters. The number of benzene rings is 1. The molecule has 0 aliphatic rings. The van der Waals surface area contributed by atoms with Crippen LogP contribution in [0, 0.1) is 0 Å². The second-order valence-corrected chi connectivity index (χ2v) is 2.39. The zero-order chi connectivity index (χ0) is 9.68. The molecule has 1 aromatic carbocycles. The summed E-state index contributed by atoms with van der Waals surface area (Å²) in [5.41, 5.74) is 0.488. The number of carbonyl (C=O) groups is 1. The van der Waals surface area contributed by atoms with Crippen LogP contribution in [0.3, 0.4) is 0 Å². The van der Waals surface area contributed by atoms with Crippen molar-refractivity contribution in [1.29, 1.82) is 0 Å². The second kappa shape index (κ2) is 4.40. The molecule has 0 atom stereocenters. The molecule has 1 amide bonds. The molecule has 13 heavy (non-hydrogen) atoms. The van der Waals surface area contributed by atoms with Gasteiger partial charge in [0.2, 0.25) is 0 Å². The SMILES string of the molecule is CC(=O)Nc1ccccc1OB=O. The molecule has 0 saturated heterocycles. The van der Waals surface area contributed by atoms with Gasteiger partial charge in [0, 0.05) is 0 Å². The summed E-state index contributed by atoms with van der Waals surface area (Å²) in [6, 6.07) is 6.70. The number of nitrogens with one attached hydrogen (secondary N) is 1. The van der Waals surface area contributed by atoms with Crippen LogP contribution in [-0.4, -0.2) is 13.3 Å². The zero-order valence-electron chi connectivity index (χ0n) is 7.11. The van der Waals surface area contributed by atoms with E-state index in [1.54, 1.807) is 24.3 Å². The van der Waals surface area contributed by atoms with Gasteiger partial charge in [-0.25, -0.2) is 0 Å². The summed E-state index contributed by atoms with van der Waals surface area (Å²) in [4.78, 5) is 10.7. The van der Waals surface area contributed by atoms with Crippen LogP contribution < -0.4 is 9.97 Å². The standard InChI is InChI=1S/C8H8BNO3/c1-6(11)10-7-4-2-3-5-8(7)13-9-12/h2-5H,1H3,(H,10,11). The van der Waals surface area contributed by atoms with Crippen LogP contribution in [0.25, 0.3) is 0 Å². The summed E-state index contributed by atoms with van der Waals surface area (Å²) in [6.45, 7) is 1.39. The number of para-hydroxylation sites is 2. The van der Waals surface area contributed by atoms with Gasteiger partial charge in [-0.15, -0.1) is 0 Å². The van der Waals surface area contributed by atoms with Crippen molar-refractivity contribution in [3.8, 4) is 5.75 Å². The number of anilines is 1. The molecule has 5 heteroatoms. The number of hydrogen-bond donors (Lipinski definition) is 1. The number of rotatable bonds is 3. The first-order chi connectivity index (χ1) is 6.24. The molecule has 4 nitrogen and oxygen atoms in total. The van der Waals surface area contributed by atoms with Crippen molar-refractivity contribution >= 4 is 18.9 Å². The molecule has 66 valence electrons. The Balaban J connectivity index is 2.90. The Bertz CT molecular complexity index is 327. The van der Waals surface area contributed by atoms with E-state index in [1.807, 2.05) is 0 Å². The molecular formula is C8H8BNO3. The molecule has 0 spiro atoms. The summed E-state index contributed by atoms with van der Waals surface area (Å²) >= 11 is 0. The van der Waals surface area contributed by atoms with Gasteiger partial charge in [-0.05, 0) is 0 Å². The molecule has 0 aliphatic carbocycles. The van der Waals surface area contributed by atoms with Crippen LogP contribution in [0.1, 0.15) is 6.92 Å². The van der Waals surface area contributed by atoms with Gasteiger partial charge in [-0.2, -0.15) is 0 Å². The van der Waals surface area contributed by atoms with E-state index >= 15 is 0 Å². The van der Waals surface area contributed by atoms with Crippen LogP contribution >= 0.6 is 0 Å². The third-order valence-corrected chi connectivity index (χ3v) is 1.37. The predicted molar refractivity (Wildman–Crippen MR) is 47.8 cm³/mol. The first kappa shape index (κ1) is 9.44. The van der Waals surface area contributed by atoms with E-state index < -0.39 is 0 Å². The van der Waals surface area contributed by atoms with Gasteiger partial charge in [0.05, 0.1) is 0 Å². The summed E-state index contributed by atoms with van der Waals surface area (Å²) in [6.07, 6.45) is 0. The topological polar surface area (TPSA) is 55.4 Å². The molecular weight excluding hydrogens is 169 g/mol. The molecule has 0 bridgehead atoms. The van der Waals surface area contributed by atoms with Crippen LogP contribution in [0.15, 0.2) is 24.3 Å². The number of amides is 1. The van der Waals surface area contributed by atoms with E-state index in [1.165, 1.54) is 6.92 Å². The third-order valence-electron chi connectivity index (χ3n) is 1.37. The monoisotopic (exact) mass is 177 g/mol. The average molecular weight is 177 g/mol. The van der Waals surface area contributed by atoms with E-state index in [4.69, 9.17) is 0 Å². The fourth-order valence-corrected chi connectivity index (χ4v) is 0.914. The Morgan fingerprint density at radius 3 is 2.77 bits per heavy atom. The fourth-order valence-electron chi connectivity index (χ4n) is 0.914. The quantitative estimate of drug-likeness (QED) is 0.700. The van der Waals surface area contributed by atoms with Crippen LogP contribution in [0.2, 0.25) is 0 Å². The Labute approximate surface area is 76.2 Å². The molecule has 0 heterocycles. The van der Waals surface area contributed by atoms with Crippen LogP contribution in [0.4, 0.5) is 5.69 Å². The van der Waals surface area contributed by atoms with Gasteiger partial charge >= 0.3 is 75.4 Å². The zero-order valence-corrected chi connectivity index (χ0v) is 7.11. The van der Waals surface area contributed by atoms with Gasteiger partial charge in [-0.3, -0.25) is 0 Å². The van der Waals surface area contributed by atoms with Crippen molar-refractivity contribution in [2.75, 3.05) is 5.32 Å². The average Bonchev–Trinajstić information content (AvgIpc) is 2.08. The summed E-state index contributed by atoms with van der Waals surface area (Å²) in [5.74, 6) is 0.134.